The highest BCUT2D eigenvalue weighted by Crippen LogP contribution is 2.39. The van der Waals surface area contributed by atoms with Crippen LogP contribution in [0.2, 0.25) is 0 Å². The molecule has 1 atom stereocenters. The number of urea groups is 1. The van der Waals surface area contributed by atoms with Crippen molar-refractivity contribution in [2.24, 2.45) is 5.92 Å². The van der Waals surface area contributed by atoms with E-state index in [2.05, 4.69) is 10.6 Å². The minimum Gasteiger partial charge on any atom is -0.481 e. The number of amides is 3. The average Bonchev–Trinajstić information content (AvgIpc) is 3.14. The number of nitrogens with zero attached hydrogens (tertiary/aromatic N) is 1. The van der Waals surface area contributed by atoms with Crippen molar-refractivity contribution in [1.82, 2.24) is 15.5 Å². The van der Waals surface area contributed by atoms with Crippen LogP contribution in [-0.2, 0) is 9.59 Å². The summed E-state index contributed by atoms with van der Waals surface area (Å²) in [5.74, 6) is -1.03. The molecule has 1 heterocycles. The Labute approximate surface area is 117 Å². The van der Waals surface area contributed by atoms with Crippen LogP contribution in [0, 0.1) is 5.92 Å². The van der Waals surface area contributed by atoms with E-state index in [1.54, 1.807) is 0 Å². The van der Waals surface area contributed by atoms with E-state index in [-0.39, 0.29) is 18.0 Å². The van der Waals surface area contributed by atoms with Gasteiger partial charge in [0.2, 0.25) is 5.91 Å². The number of carbonyl (C=O) groups is 3. The van der Waals surface area contributed by atoms with Crippen molar-refractivity contribution >= 4 is 17.9 Å². The molecule has 2 fully saturated rings. The third-order valence-electron chi connectivity index (χ3n) is 3.99. The molecule has 2 rings (SSSR count). The fourth-order valence-corrected chi connectivity index (χ4v) is 2.58. The smallest absolute Gasteiger partial charge is 0.318 e. The summed E-state index contributed by atoms with van der Waals surface area (Å²) in [6.45, 7) is 4.60. The molecule has 1 aliphatic heterocycles. The summed E-state index contributed by atoms with van der Waals surface area (Å²) in [6.07, 6.45) is 1.81. The summed E-state index contributed by atoms with van der Waals surface area (Å²) in [7, 11) is 0. The lowest BCUT2D eigenvalue weighted by Gasteiger charge is -2.37. The molecule has 0 radical (unpaired) electrons. The van der Waals surface area contributed by atoms with E-state index < -0.39 is 17.9 Å². The van der Waals surface area contributed by atoms with Crippen LogP contribution in [0.5, 0.6) is 0 Å². The molecule has 7 nitrogen and oxygen atoms in total. The van der Waals surface area contributed by atoms with Crippen molar-refractivity contribution in [3.63, 3.8) is 0 Å². The Morgan fingerprint density at radius 1 is 1.45 bits per heavy atom. The molecular formula is C13H21N3O4. The maximum absolute atomic E-state index is 12.3. The van der Waals surface area contributed by atoms with Crippen LogP contribution in [0.25, 0.3) is 0 Å². The second kappa shape index (κ2) is 5.30. The van der Waals surface area contributed by atoms with Gasteiger partial charge in [-0.2, -0.15) is 0 Å². The summed E-state index contributed by atoms with van der Waals surface area (Å²) in [4.78, 5) is 36.3. The van der Waals surface area contributed by atoms with Crippen molar-refractivity contribution in [2.75, 3.05) is 13.1 Å². The first-order chi connectivity index (χ1) is 9.31. The van der Waals surface area contributed by atoms with Crippen LogP contribution in [-0.4, -0.2) is 52.6 Å². The molecule has 7 heteroatoms. The molecule has 0 spiro atoms. The number of carboxylic acid groups (broad SMARTS) is 1. The Balaban J connectivity index is 2.05. The van der Waals surface area contributed by atoms with E-state index in [9.17, 15) is 14.4 Å². The van der Waals surface area contributed by atoms with Gasteiger partial charge in [0, 0.05) is 18.6 Å². The molecule has 0 aromatic rings. The topological polar surface area (TPSA) is 98.7 Å². The normalized spacial score (nSPS) is 23.2. The third kappa shape index (κ3) is 3.20. The standard InChI is InChI=1S/C13H21N3O4/c1-13(2,8-3-4-8)15-12(20)16-6-5-14-11(19)9(16)7-10(17)18/h8-9H,3-7H2,1-2H3,(H,14,19)(H,15,20)(H,17,18). The van der Waals surface area contributed by atoms with E-state index in [1.165, 1.54) is 4.90 Å². The highest BCUT2D eigenvalue weighted by molar-refractivity contribution is 5.91. The zero-order chi connectivity index (χ0) is 14.9. The van der Waals surface area contributed by atoms with Gasteiger partial charge in [-0.15, -0.1) is 0 Å². The van der Waals surface area contributed by atoms with E-state index in [1.807, 2.05) is 13.8 Å². The first kappa shape index (κ1) is 14.6. The molecule has 2 aliphatic rings. The zero-order valence-electron chi connectivity index (χ0n) is 11.8. The summed E-state index contributed by atoms with van der Waals surface area (Å²) < 4.78 is 0. The second-order valence-corrected chi connectivity index (χ2v) is 6.02. The summed E-state index contributed by atoms with van der Waals surface area (Å²) in [5, 5.41) is 14.4. The molecule has 112 valence electrons. The number of aliphatic carboxylic acids is 1. The predicted molar refractivity (Wildman–Crippen MR) is 71.1 cm³/mol. The van der Waals surface area contributed by atoms with Crippen LogP contribution in [0.3, 0.4) is 0 Å². The molecule has 3 N–H and O–H groups in total. The summed E-state index contributed by atoms with van der Waals surface area (Å²) >= 11 is 0. The van der Waals surface area contributed by atoms with Gasteiger partial charge in [0.25, 0.3) is 0 Å². The van der Waals surface area contributed by atoms with Gasteiger partial charge in [0.1, 0.15) is 6.04 Å². The minimum atomic E-state index is -1.09. The van der Waals surface area contributed by atoms with Gasteiger partial charge < -0.3 is 20.6 Å². The molecule has 0 aromatic carbocycles. The first-order valence-corrected chi connectivity index (χ1v) is 6.89. The number of piperazine rings is 1. The van der Waals surface area contributed by atoms with E-state index in [0.29, 0.717) is 19.0 Å². The van der Waals surface area contributed by atoms with Gasteiger partial charge in [0.05, 0.1) is 6.42 Å². The Bertz CT molecular complexity index is 431. The molecule has 3 amide bonds. The largest absolute Gasteiger partial charge is 0.481 e. The molecule has 1 saturated heterocycles. The van der Waals surface area contributed by atoms with Gasteiger partial charge in [-0.25, -0.2) is 4.79 Å². The minimum absolute atomic E-state index is 0.321. The maximum atomic E-state index is 12.3. The van der Waals surface area contributed by atoms with Crippen molar-refractivity contribution < 1.29 is 19.5 Å². The number of hydrogen-bond donors (Lipinski definition) is 3. The lowest BCUT2D eigenvalue weighted by molar-refractivity contribution is -0.142. The van der Waals surface area contributed by atoms with E-state index >= 15 is 0 Å². The molecule has 1 aliphatic carbocycles. The van der Waals surface area contributed by atoms with Crippen LogP contribution in [0.15, 0.2) is 0 Å². The highest BCUT2D eigenvalue weighted by atomic mass is 16.4. The summed E-state index contributed by atoms with van der Waals surface area (Å²) in [5.41, 5.74) is -0.321. The fourth-order valence-electron chi connectivity index (χ4n) is 2.58. The van der Waals surface area contributed by atoms with Crippen molar-refractivity contribution in [2.45, 2.75) is 44.7 Å². The van der Waals surface area contributed by atoms with Crippen molar-refractivity contribution in [1.29, 1.82) is 0 Å². The van der Waals surface area contributed by atoms with Gasteiger partial charge in [-0.1, -0.05) is 0 Å². The molecule has 20 heavy (non-hydrogen) atoms. The molecule has 1 unspecified atom stereocenters. The van der Waals surface area contributed by atoms with Crippen LogP contribution >= 0.6 is 0 Å². The van der Waals surface area contributed by atoms with E-state index in [4.69, 9.17) is 5.11 Å². The van der Waals surface area contributed by atoms with Gasteiger partial charge in [-0.05, 0) is 32.6 Å². The average molecular weight is 283 g/mol. The lowest BCUT2D eigenvalue weighted by Crippen LogP contribution is -2.62. The highest BCUT2D eigenvalue weighted by Gasteiger charge is 2.41. The van der Waals surface area contributed by atoms with Gasteiger partial charge in [-0.3, -0.25) is 9.59 Å². The van der Waals surface area contributed by atoms with Gasteiger partial charge >= 0.3 is 12.0 Å². The Kier molecular flexibility index (Phi) is 3.87. The zero-order valence-corrected chi connectivity index (χ0v) is 11.8. The quantitative estimate of drug-likeness (QED) is 0.684. The SMILES string of the molecule is CC(C)(NC(=O)N1CCNC(=O)C1CC(=O)O)C1CC1. The molecule has 1 saturated carbocycles. The Morgan fingerprint density at radius 3 is 2.65 bits per heavy atom. The first-order valence-electron chi connectivity index (χ1n) is 6.89. The number of hydrogen-bond acceptors (Lipinski definition) is 3. The van der Waals surface area contributed by atoms with Crippen molar-refractivity contribution in [3.8, 4) is 0 Å². The number of carboxylic acids is 1. The Morgan fingerprint density at radius 2 is 2.10 bits per heavy atom. The number of nitrogens with one attached hydrogen (secondary N) is 2. The van der Waals surface area contributed by atoms with E-state index in [0.717, 1.165) is 12.8 Å². The van der Waals surface area contributed by atoms with Crippen LogP contribution < -0.4 is 10.6 Å². The third-order valence-corrected chi connectivity index (χ3v) is 3.99. The number of carbonyl (C=O) groups excluding carboxylic acids is 2. The number of rotatable bonds is 4. The predicted octanol–water partition coefficient (Wildman–Crippen LogP) is 0.160. The lowest BCUT2D eigenvalue weighted by atomic mass is 9.99. The van der Waals surface area contributed by atoms with Crippen LogP contribution in [0.4, 0.5) is 4.79 Å². The van der Waals surface area contributed by atoms with Gasteiger partial charge in [0.15, 0.2) is 0 Å². The maximum Gasteiger partial charge on any atom is 0.318 e. The summed E-state index contributed by atoms with van der Waals surface area (Å²) in [6, 6.07) is -1.29. The monoisotopic (exact) mass is 283 g/mol. The Hall–Kier alpha value is -1.79. The van der Waals surface area contributed by atoms with Crippen molar-refractivity contribution in [3.05, 3.63) is 0 Å². The molecule has 0 bridgehead atoms. The van der Waals surface area contributed by atoms with Crippen LogP contribution in [0.1, 0.15) is 33.1 Å². The molecular weight excluding hydrogens is 262 g/mol. The molecule has 0 aromatic heterocycles. The fraction of sp³-hybridized carbons (Fsp3) is 0.769. The second-order valence-electron chi connectivity index (χ2n) is 6.02.